The molecule has 0 aliphatic heterocycles. The Bertz CT molecular complexity index is 658. The minimum Gasteiger partial charge on any atom is -0.435 e. The van der Waals surface area contributed by atoms with Gasteiger partial charge >= 0.3 is 13.0 Å². The molecule has 118 valence electrons. The van der Waals surface area contributed by atoms with E-state index in [1.807, 2.05) is 0 Å². The summed E-state index contributed by atoms with van der Waals surface area (Å²) >= 11 is 5.94. The van der Waals surface area contributed by atoms with Crippen molar-refractivity contribution in [1.82, 2.24) is 0 Å². The van der Waals surface area contributed by atoms with Crippen molar-refractivity contribution in [3.8, 4) is 22.6 Å². The lowest BCUT2D eigenvalue weighted by molar-refractivity contribution is -0.274. The van der Waals surface area contributed by atoms with Crippen LogP contribution in [0, 0.1) is 0 Å². The highest BCUT2D eigenvalue weighted by molar-refractivity contribution is 6.33. The molecule has 0 unspecified atom stereocenters. The number of ether oxygens (including phenoxy) is 2. The highest BCUT2D eigenvalue weighted by atomic mass is 35.5. The molecule has 0 saturated heterocycles. The zero-order valence-electron chi connectivity index (χ0n) is 10.7. The van der Waals surface area contributed by atoms with Gasteiger partial charge in [0.05, 0.1) is 5.02 Å². The first-order chi connectivity index (χ1) is 10.2. The molecule has 0 radical (unpaired) electrons. The normalized spacial score (nSPS) is 11.6. The molecule has 0 aliphatic rings. The minimum atomic E-state index is -4.81. The van der Waals surface area contributed by atoms with Gasteiger partial charge in [0.25, 0.3) is 0 Å². The number of hydrogen-bond donors (Lipinski definition) is 0. The Hall–Kier alpha value is -2.02. The van der Waals surface area contributed by atoms with E-state index in [1.165, 1.54) is 24.3 Å². The summed E-state index contributed by atoms with van der Waals surface area (Å²) in [5, 5.41) is 0.0577. The molecule has 2 aromatic rings. The van der Waals surface area contributed by atoms with Crippen molar-refractivity contribution < 1.29 is 31.4 Å². The molecule has 8 heteroatoms. The predicted molar refractivity (Wildman–Crippen MR) is 70.2 cm³/mol. The number of hydrogen-bond acceptors (Lipinski definition) is 2. The molecular formula is C14H8ClF5O2. The molecular weight excluding hydrogens is 331 g/mol. The van der Waals surface area contributed by atoms with E-state index in [4.69, 9.17) is 11.6 Å². The fourth-order valence-corrected chi connectivity index (χ4v) is 2.05. The molecule has 0 atom stereocenters. The van der Waals surface area contributed by atoms with Crippen LogP contribution in [0.4, 0.5) is 22.0 Å². The van der Waals surface area contributed by atoms with Gasteiger partial charge in [-0.05, 0) is 35.9 Å². The number of halogens is 6. The third-order valence-corrected chi connectivity index (χ3v) is 2.86. The van der Waals surface area contributed by atoms with Gasteiger partial charge in [0.2, 0.25) is 0 Å². The van der Waals surface area contributed by atoms with Gasteiger partial charge in [0, 0.05) is 5.56 Å². The van der Waals surface area contributed by atoms with Gasteiger partial charge in [-0.15, -0.1) is 13.2 Å². The monoisotopic (exact) mass is 338 g/mol. The van der Waals surface area contributed by atoms with Crippen LogP contribution in [-0.4, -0.2) is 13.0 Å². The third kappa shape index (κ3) is 4.49. The molecule has 0 saturated carbocycles. The molecule has 2 rings (SSSR count). The molecule has 0 bridgehead atoms. The second kappa shape index (κ2) is 6.39. The number of alkyl halides is 5. The third-order valence-electron chi connectivity index (χ3n) is 2.54. The van der Waals surface area contributed by atoms with E-state index in [-0.39, 0.29) is 10.8 Å². The van der Waals surface area contributed by atoms with Crippen LogP contribution < -0.4 is 9.47 Å². The molecule has 2 nitrogen and oxygen atoms in total. The Morgan fingerprint density at radius 1 is 0.955 bits per heavy atom. The van der Waals surface area contributed by atoms with Gasteiger partial charge < -0.3 is 9.47 Å². The Labute approximate surface area is 127 Å². The average molecular weight is 339 g/mol. The predicted octanol–water partition coefficient (Wildman–Crippen LogP) is 5.51. The highest BCUT2D eigenvalue weighted by Gasteiger charge is 2.31. The first-order valence-electron chi connectivity index (χ1n) is 5.85. The summed E-state index contributed by atoms with van der Waals surface area (Å²) in [6.07, 6.45) is -4.81. The Kier molecular flexibility index (Phi) is 4.75. The molecule has 0 amide bonds. The van der Waals surface area contributed by atoms with E-state index in [2.05, 4.69) is 9.47 Å². The van der Waals surface area contributed by atoms with Crippen molar-refractivity contribution in [3.63, 3.8) is 0 Å². The molecule has 22 heavy (non-hydrogen) atoms. The molecule has 2 aromatic carbocycles. The summed E-state index contributed by atoms with van der Waals surface area (Å²) in [5.41, 5.74) is 0.700. The molecule has 0 aliphatic carbocycles. The summed E-state index contributed by atoms with van der Waals surface area (Å²) in [5.74, 6) is -0.555. The standard InChI is InChI=1S/C14H8ClF5O2/c15-12-7-9(21-13(16)17)4-5-11(12)8-2-1-3-10(6-8)22-14(18,19)20/h1-7,13H. The Balaban J connectivity index is 2.30. The van der Waals surface area contributed by atoms with E-state index in [1.54, 1.807) is 0 Å². The minimum absolute atomic E-state index is 0.0577. The van der Waals surface area contributed by atoms with Crippen LogP contribution in [0.5, 0.6) is 11.5 Å². The van der Waals surface area contributed by atoms with Crippen molar-refractivity contribution in [2.24, 2.45) is 0 Å². The van der Waals surface area contributed by atoms with Crippen LogP contribution in [-0.2, 0) is 0 Å². The topological polar surface area (TPSA) is 18.5 Å². The van der Waals surface area contributed by atoms with Crippen LogP contribution in [0.1, 0.15) is 0 Å². The summed E-state index contributed by atoms with van der Waals surface area (Å²) in [7, 11) is 0. The van der Waals surface area contributed by atoms with Gasteiger partial charge in [-0.25, -0.2) is 0 Å². The van der Waals surface area contributed by atoms with Crippen LogP contribution in [0.25, 0.3) is 11.1 Å². The van der Waals surface area contributed by atoms with E-state index in [0.29, 0.717) is 11.1 Å². The van der Waals surface area contributed by atoms with Gasteiger partial charge in [-0.1, -0.05) is 23.7 Å². The van der Waals surface area contributed by atoms with E-state index in [0.717, 1.165) is 18.2 Å². The van der Waals surface area contributed by atoms with Crippen molar-refractivity contribution in [1.29, 1.82) is 0 Å². The fraction of sp³-hybridized carbons (Fsp3) is 0.143. The molecule has 0 spiro atoms. The maximum absolute atomic E-state index is 12.2. The SMILES string of the molecule is FC(F)Oc1ccc(-c2cccc(OC(F)(F)F)c2)c(Cl)c1. The smallest absolute Gasteiger partial charge is 0.435 e. The van der Waals surface area contributed by atoms with Crippen LogP contribution in [0.2, 0.25) is 5.02 Å². The molecule has 0 heterocycles. The van der Waals surface area contributed by atoms with Gasteiger partial charge in [-0.3, -0.25) is 0 Å². The second-order valence-corrected chi connectivity index (χ2v) is 4.50. The van der Waals surface area contributed by atoms with Crippen LogP contribution in [0.3, 0.4) is 0 Å². The van der Waals surface area contributed by atoms with Gasteiger partial charge in [0.1, 0.15) is 11.5 Å². The van der Waals surface area contributed by atoms with E-state index >= 15 is 0 Å². The zero-order chi connectivity index (χ0) is 16.3. The first-order valence-corrected chi connectivity index (χ1v) is 6.23. The largest absolute Gasteiger partial charge is 0.573 e. The van der Waals surface area contributed by atoms with Crippen molar-refractivity contribution >= 4 is 11.6 Å². The Morgan fingerprint density at radius 3 is 2.27 bits per heavy atom. The Morgan fingerprint density at radius 2 is 1.68 bits per heavy atom. The number of rotatable bonds is 4. The summed E-state index contributed by atoms with van der Waals surface area (Å²) in [4.78, 5) is 0. The van der Waals surface area contributed by atoms with Crippen LogP contribution >= 0.6 is 11.6 Å². The lowest BCUT2D eigenvalue weighted by Crippen LogP contribution is -2.17. The lowest BCUT2D eigenvalue weighted by Gasteiger charge is -2.11. The van der Waals surface area contributed by atoms with Gasteiger partial charge in [0.15, 0.2) is 0 Å². The summed E-state index contributed by atoms with van der Waals surface area (Å²) in [6.45, 7) is -2.99. The quantitative estimate of drug-likeness (QED) is 0.685. The van der Waals surface area contributed by atoms with E-state index in [9.17, 15) is 22.0 Å². The first kappa shape index (κ1) is 16.4. The maximum atomic E-state index is 12.2. The summed E-state index contributed by atoms with van der Waals surface area (Å²) < 4.78 is 68.8. The molecule has 0 fully saturated rings. The average Bonchev–Trinajstić information content (AvgIpc) is 2.36. The van der Waals surface area contributed by atoms with Crippen molar-refractivity contribution in [3.05, 3.63) is 47.5 Å². The zero-order valence-corrected chi connectivity index (χ0v) is 11.5. The fourth-order valence-electron chi connectivity index (χ4n) is 1.77. The maximum Gasteiger partial charge on any atom is 0.573 e. The highest BCUT2D eigenvalue weighted by Crippen LogP contribution is 2.34. The van der Waals surface area contributed by atoms with Crippen molar-refractivity contribution in [2.75, 3.05) is 0 Å². The number of benzene rings is 2. The summed E-state index contributed by atoms with van der Waals surface area (Å²) in [6, 6.07) is 8.91. The lowest BCUT2D eigenvalue weighted by atomic mass is 10.1. The molecule has 0 aromatic heterocycles. The van der Waals surface area contributed by atoms with Gasteiger partial charge in [-0.2, -0.15) is 8.78 Å². The molecule has 0 N–H and O–H groups in total. The van der Waals surface area contributed by atoms with E-state index < -0.39 is 18.7 Å². The van der Waals surface area contributed by atoms with Crippen LogP contribution in [0.15, 0.2) is 42.5 Å². The second-order valence-electron chi connectivity index (χ2n) is 4.10. The van der Waals surface area contributed by atoms with Crippen molar-refractivity contribution in [2.45, 2.75) is 13.0 Å².